The third-order valence-corrected chi connectivity index (χ3v) is 6.11. The molecule has 1 aromatic heterocycles. The lowest BCUT2D eigenvalue weighted by molar-refractivity contribution is -0.105. The fraction of sp³-hybridized carbons (Fsp3) is 0.812. The Kier molecular flexibility index (Phi) is 3.62. The van der Waals surface area contributed by atoms with Crippen molar-refractivity contribution in [1.82, 2.24) is 14.5 Å². The Morgan fingerprint density at radius 3 is 1.95 bits per heavy atom. The van der Waals surface area contributed by atoms with Crippen molar-refractivity contribution in [2.75, 3.05) is 0 Å². The van der Waals surface area contributed by atoms with E-state index in [4.69, 9.17) is 4.98 Å². The number of aryl methyl sites for hydroxylation is 1. The van der Waals surface area contributed by atoms with Gasteiger partial charge in [-0.25, -0.2) is 4.98 Å². The number of hydrogen-bond donors (Lipinski definition) is 0. The number of aromatic nitrogens is 2. The summed E-state index contributed by atoms with van der Waals surface area (Å²) in [5.41, 5.74) is 1.38. The fourth-order valence-corrected chi connectivity index (χ4v) is 5.63. The molecule has 1 aromatic rings. The van der Waals surface area contributed by atoms with E-state index < -0.39 is 0 Å². The van der Waals surface area contributed by atoms with Crippen LogP contribution in [0.2, 0.25) is 0 Å². The van der Waals surface area contributed by atoms with E-state index in [1.54, 1.807) is 0 Å². The maximum Gasteiger partial charge on any atom is 0.124 e. The predicted octanol–water partition coefficient (Wildman–Crippen LogP) is 4.27. The number of imidazole rings is 1. The second-order valence-corrected chi connectivity index (χ2v) is 8.80. The van der Waals surface area contributed by atoms with Crippen LogP contribution in [0.25, 0.3) is 0 Å². The lowest BCUT2D eigenvalue weighted by Crippen LogP contribution is -2.70. The number of rotatable bonds is 1. The van der Waals surface area contributed by atoms with E-state index in [0.29, 0.717) is 6.04 Å². The quantitative estimate of drug-likeness (QED) is 0.669. The van der Waals surface area contributed by atoms with E-state index in [1.807, 2.05) is 0 Å². The molecule has 20 heavy (non-hydrogen) atoms. The van der Waals surface area contributed by atoms with Gasteiger partial charge in [-0.2, -0.15) is 0 Å². The molecule has 0 bridgehead atoms. The molecular weight excluding hydrogens is 361 g/mol. The van der Waals surface area contributed by atoms with Gasteiger partial charge in [-0.3, -0.25) is 4.90 Å². The topological polar surface area (TPSA) is 21.1 Å². The van der Waals surface area contributed by atoms with Crippen molar-refractivity contribution in [2.24, 2.45) is 0 Å². The highest BCUT2D eigenvalue weighted by molar-refractivity contribution is 14.1. The molecule has 0 unspecified atom stereocenters. The monoisotopic (exact) mass is 389 g/mol. The van der Waals surface area contributed by atoms with Crippen molar-refractivity contribution in [3.8, 4) is 0 Å². The molecule has 4 heteroatoms. The van der Waals surface area contributed by atoms with Crippen LogP contribution in [-0.4, -0.2) is 26.0 Å². The average Bonchev–Trinajstić information content (AvgIpc) is 2.50. The van der Waals surface area contributed by atoms with Gasteiger partial charge in [0, 0.05) is 11.6 Å². The zero-order chi connectivity index (χ0) is 15.7. The smallest absolute Gasteiger partial charge is 0.124 e. The van der Waals surface area contributed by atoms with Gasteiger partial charge in [0.05, 0.1) is 16.8 Å². The molecule has 0 fully saturated rings. The second-order valence-electron chi connectivity index (χ2n) is 7.77. The Morgan fingerprint density at radius 1 is 1.00 bits per heavy atom. The summed E-state index contributed by atoms with van der Waals surface area (Å²) in [6.07, 6.45) is 0. The van der Waals surface area contributed by atoms with E-state index >= 15 is 0 Å². The first-order valence-corrected chi connectivity index (χ1v) is 8.50. The lowest BCUT2D eigenvalue weighted by atomic mass is 9.73. The van der Waals surface area contributed by atoms with Crippen molar-refractivity contribution in [3.05, 3.63) is 15.2 Å². The summed E-state index contributed by atoms with van der Waals surface area (Å²) < 4.78 is 3.60. The summed E-state index contributed by atoms with van der Waals surface area (Å²) in [4.78, 5) is 7.42. The molecule has 0 atom stereocenters. The summed E-state index contributed by atoms with van der Waals surface area (Å²) in [5, 5.41) is 0. The molecule has 0 aliphatic carbocycles. The number of hydrogen-bond acceptors (Lipinski definition) is 2. The van der Waals surface area contributed by atoms with Crippen molar-refractivity contribution in [3.63, 3.8) is 0 Å². The summed E-state index contributed by atoms with van der Waals surface area (Å²) in [6, 6.07) is 0.485. The molecule has 3 nitrogen and oxygen atoms in total. The van der Waals surface area contributed by atoms with Crippen LogP contribution >= 0.6 is 22.6 Å². The van der Waals surface area contributed by atoms with Gasteiger partial charge in [0.25, 0.3) is 0 Å². The van der Waals surface area contributed by atoms with Gasteiger partial charge >= 0.3 is 0 Å². The van der Waals surface area contributed by atoms with Crippen LogP contribution in [0.5, 0.6) is 0 Å². The Bertz CT molecular complexity index is 538. The Labute approximate surface area is 137 Å². The number of fused-ring (bicyclic) bond motifs is 1. The maximum atomic E-state index is 4.77. The molecule has 0 spiro atoms. The third-order valence-electron chi connectivity index (χ3n) is 5.36. The molecule has 0 aromatic carbocycles. The van der Waals surface area contributed by atoms with Gasteiger partial charge in [-0.15, -0.1) is 0 Å². The van der Waals surface area contributed by atoms with Crippen molar-refractivity contribution in [2.45, 2.75) is 85.0 Å². The molecule has 0 amide bonds. The second kappa shape index (κ2) is 4.45. The van der Waals surface area contributed by atoms with Crippen LogP contribution in [0.1, 0.15) is 66.9 Å². The van der Waals surface area contributed by atoms with Gasteiger partial charge in [0.2, 0.25) is 0 Å². The minimum atomic E-state index is -0.0228. The molecular formula is C16H28IN3. The van der Waals surface area contributed by atoms with Crippen LogP contribution in [-0.2, 0) is 11.1 Å². The molecule has 0 saturated carbocycles. The van der Waals surface area contributed by atoms with Crippen LogP contribution in [0.3, 0.4) is 0 Å². The molecule has 0 saturated heterocycles. The summed E-state index contributed by atoms with van der Waals surface area (Å²) in [6.45, 7) is 20.8. The van der Waals surface area contributed by atoms with E-state index in [1.165, 1.54) is 5.69 Å². The van der Waals surface area contributed by atoms with E-state index in [0.717, 1.165) is 9.53 Å². The standard InChI is InChI=1S/C16H28IN3/c1-10(2)20-14(4,5)12-13(17)18-11(3)19(12)15(6,7)16(20,8)9/h10H,1-9H3. The zero-order valence-corrected chi connectivity index (χ0v) is 16.5. The normalized spacial score (nSPS) is 23.9. The van der Waals surface area contributed by atoms with Gasteiger partial charge in [-0.05, 0) is 84.9 Å². The molecule has 114 valence electrons. The highest BCUT2D eigenvalue weighted by Gasteiger charge is 2.56. The highest BCUT2D eigenvalue weighted by Crippen LogP contribution is 2.50. The Balaban J connectivity index is 2.87. The summed E-state index contributed by atoms with van der Waals surface area (Å²) in [5.74, 6) is 1.12. The average molecular weight is 389 g/mol. The van der Waals surface area contributed by atoms with Gasteiger partial charge in [0.1, 0.15) is 9.53 Å². The molecule has 2 heterocycles. The van der Waals surface area contributed by atoms with Crippen LogP contribution in [0.4, 0.5) is 0 Å². The molecule has 0 N–H and O–H groups in total. The molecule has 2 rings (SSSR count). The Morgan fingerprint density at radius 2 is 1.50 bits per heavy atom. The highest BCUT2D eigenvalue weighted by atomic mass is 127. The van der Waals surface area contributed by atoms with Crippen molar-refractivity contribution < 1.29 is 0 Å². The Hall–Kier alpha value is -0.100. The van der Waals surface area contributed by atoms with Crippen molar-refractivity contribution in [1.29, 1.82) is 0 Å². The number of halogens is 1. The zero-order valence-electron chi connectivity index (χ0n) is 14.3. The SMILES string of the molecule is Cc1nc(I)c2n1C(C)(C)C(C)(C)N(C(C)C)C2(C)C. The fourth-order valence-electron chi connectivity index (χ4n) is 4.38. The van der Waals surface area contributed by atoms with Gasteiger partial charge < -0.3 is 4.57 Å². The largest absolute Gasteiger partial charge is 0.322 e. The first-order valence-electron chi connectivity index (χ1n) is 7.42. The van der Waals surface area contributed by atoms with Crippen LogP contribution in [0, 0.1) is 10.6 Å². The van der Waals surface area contributed by atoms with Gasteiger partial charge in [-0.1, -0.05) is 0 Å². The third kappa shape index (κ3) is 1.83. The lowest BCUT2D eigenvalue weighted by Gasteiger charge is -2.62. The van der Waals surface area contributed by atoms with Gasteiger partial charge in [0.15, 0.2) is 0 Å². The first kappa shape index (κ1) is 16.3. The maximum absolute atomic E-state index is 4.77. The minimum absolute atomic E-state index is 0.00261. The molecule has 1 aliphatic rings. The van der Waals surface area contributed by atoms with E-state index in [-0.39, 0.29) is 16.6 Å². The van der Waals surface area contributed by atoms with E-state index in [9.17, 15) is 0 Å². The molecule has 0 radical (unpaired) electrons. The molecule has 1 aliphatic heterocycles. The van der Waals surface area contributed by atoms with Crippen molar-refractivity contribution >= 4 is 22.6 Å². The van der Waals surface area contributed by atoms with Crippen LogP contribution in [0.15, 0.2) is 0 Å². The summed E-state index contributed by atoms with van der Waals surface area (Å²) in [7, 11) is 0. The predicted molar refractivity (Wildman–Crippen MR) is 93.1 cm³/mol. The number of nitrogens with zero attached hydrogens (tertiary/aromatic N) is 3. The first-order chi connectivity index (χ1) is 8.86. The van der Waals surface area contributed by atoms with E-state index in [2.05, 4.69) is 94.4 Å². The summed E-state index contributed by atoms with van der Waals surface area (Å²) >= 11 is 2.39. The van der Waals surface area contributed by atoms with Crippen LogP contribution < -0.4 is 0 Å². The minimum Gasteiger partial charge on any atom is -0.322 e.